The summed E-state index contributed by atoms with van der Waals surface area (Å²) < 4.78 is 0. The maximum Gasteiger partial charge on any atom is 0.326 e. The number of carboxylic acid groups (broad SMARTS) is 1. The van der Waals surface area contributed by atoms with E-state index >= 15 is 0 Å². The molecule has 1 aromatic rings. The summed E-state index contributed by atoms with van der Waals surface area (Å²) in [6, 6.07) is 5.29. The molecule has 0 spiro atoms. The van der Waals surface area contributed by atoms with Crippen LogP contribution in [0.1, 0.15) is 41.0 Å². The van der Waals surface area contributed by atoms with Crippen molar-refractivity contribution >= 4 is 17.8 Å². The van der Waals surface area contributed by atoms with Gasteiger partial charge in [-0.25, -0.2) is 4.79 Å². The number of amides is 2. The van der Waals surface area contributed by atoms with Crippen molar-refractivity contribution in [3.63, 3.8) is 0 Å². The van der Waals surface area contributed by atoms with Gasteiger partial charge in [0, 0.05) is 25.2 Å². The van der Waals surface area contributed by atoms with Crippen LogP contribution in [-0.2, 0) is 4.79 Å². The molecule has 2 amide bonds. The fourth-order valence-corrected chi connectivity index (χ4v) is 1.99. The second-order valence-corrected chi connectivity index (χ2v) is 5.77. The van der Waals surface area contributed by atoms with Crippen molar-refractivity contribution in [3.05, 3.63) is 35.4 Å². The van der Waals surface area contributed by atoms with Crippen molar-refractivity contribution in [3.8, 4) is 0 Å². The van der Waals surface area contributed by atoms with E-state index in [0.717, 1.165) is 0 Å². The molecule has 0 unspecified atom stereocenters. The Kier molecular flexibility index (Phi) is 6.10. The lowest BCUT2D eigenvalue weighted by Gasteiger charge is -2.17. The van der Waals surface area contributed by atoms with Gasteiger partial charge in [-0.15, -0.1) is 0 Å². The molecule has 1 rings (SSSR count). The van der Waals surface area contributed by atoms with Crippen LogP contribution in [0.5, 0.6) is 0 Å². The molecule has 0 aliphatic carbocycles. The van der Waals surface area contributed by atoms with E-state index in [4.69, 9.17) is 5.11 Å². The fourth-order valence-electron chi connectivity index (χ4n) is 1.99. The average Bonchev–Trinajstić information content (AvgIpc) is 2.45. The highest BCUT2D eigenvalue weighted by Crippen LogP contribution is 2.10. The molecule has 120 valence electrons. The van der Waals surface area contributed by atoms with Gasteiger partial charge < -0.3 is 15.3 Å². The van der Waals surface area contributed by atoms with Gasteiger partial charge in [0.15, 0.2) is 0 Å². The summed E-state index contributed by atoms with van der Waals surface area (Å²) in [5.41, 5.74) is 0.649. The van der Waals surface area contributed by atoms with Gasteiger partial charge in [-0.2, -0.15) is 0 Å². The number of nitrogens with zero attached hydrogens (tertiary/aromatic N) is 1. The van der Waals surface area contributed by atoms with Crippen LogP contribution < -0.4 is 5.32 Å². The van der Waals surface area contributed by atoms with Crippen LogP contribution in [0, 0.1) is 5.92 Å². The molecule has 0 radical (unpaired) electrons. The first-order valence-electron chi connectivity index (χ1n) is 7.07. The molecule has 6 heteroatoms. The third kappa shape index (κ3) is 4.87. The average molecular weight is 306 g/mol. The molecular formula is C16H22N2O4. The second-order valence-electron chi connectivity index (χ2n) is 5.77. The molecule has 0 fully saturated rings. The first kappa shape index (κ1) is 17.7. The summed E-state index contributed by atoms with van der Waals surface area (Å²) in [6.45, 7) is 3.77. The normalized spacial score (nSPS) is 11.9. The van der Waals surface area contributed by atoms with Gasteiger partial charge in [0.2, 0.25) is 0 Å². The van der Waals surface area contributed by atoms with Gasteiger partial charge in [0.25, 0.3) is 11.8 Å². The molecule has 0 aliphatic heterocycles. The topological polar surface area (TPSA) is 86.7 Å². The monoisotopic (exact) mass is 306 g/mol. The molecule has 0 saturated carbocycles. The van der Waals surface area contributed by atoms with Crippen LogP contribution in [0.15, 0.2) is 24.3 Å². The zero-order valence-electron chi connectivity index (χ0n) is 13.3. The number of carboxylic acids is 1. The van der Waals surface area contributed by atoms with Crippen LogP contribution in [0.2, 0.25) is 0 Å². The number of hydrogen-bond donors (Lipinski definition) is 2. The zero-order chi connectivity index (χ0) is 16.9. The number of aliphatic carboxylic acids is 1. The van der Waals surface area contributed by atoms with E-state index in [1.165, 1.54) is 11.0 Å². The summed E-state index contributed by atoms with van der Waals surface area (Å²) in [6.07, 6.45) is 0.345. The van der Waals surface area contributed by atoms with Crippen molar-refractivity contribution < 1.29 is 19.5 Å². The van der Waals surface area contributed by atoms with Crippen LogP contribution in [-0.4, -0.2) is 47.9 Å². The van der Waals surface area contributed by atoms with Gasteiger partial charge in [-0.3, -0.25) is 9.59 Å². The fraction of sp³-hybridized carbons (Fsp3) is 0.438. The summed E-state index contributed by atoms with van der Waals surface area (Å²) in [5.74, 6) is -1.64. The molecule has 22 heavy (non-hydrogen) atoms. The van der Waals surface area contributed by atoms with E-state index in [1.54, 1.807) is 32.3 Å². The first-order valence-corrected chi connectivity index (χ1v) is 7.07. The van der Waals surface area contributed by atoms with Gasteiger partial charge in [0.1, 0.15) is 6.04 Å². The van der Waals surface area contributed by atoms with Crippen LogP contribution in [0.3, 0.4) is 0 Å². The van der Waals surface area contributed by atoms with E-state index in [2.05, 4.69) is 5.32 Å². The number of hydrogen-bond acceptors (Lipinski definition) is 3. The highest BCUT2D eigenvalue weighted by Gasteiger charge is 2.22. The lowest BCUT2D eigenvalue weighted by molar-refractivity contribution is -0.139. The second kappa shape index (κ2) is 7.59. The molecule has 6 nitrogen and oxygen atoms in total. The molecule has 0 heterocycles. The highest BCUT2D eigenvalue weighted by atomic mass is 16.4. The summed E-state index contributed by atoms with van der Waals surface area (Å²) in [5, 5.41) is 11.7. The molecule has 0 saturated heterocycles. The van der Waals surface area contributed by atoms with Crippen molar-refractivity contribution in [1.82, 2.24) is 10.2 Å². The Labute approximate surface area is 130 Å². The van der Waals surface area contributed by atoms with Gasteiger partial charge in [0.05, 0.1) is 0 Å². The van der Waals surface area contributed by atoms with E-state index in [-0.39, 0.29) is 17.4 Å². The van der Waals surface area contributed by atoms with Crippen molar-refractivity contribution in [1.29, 1.82) is 0 Å². The Morgan fingerprint density at radius 1 is 1.18 bits per heavy atom. The third-order valence-electron chi connectivity index (χ3n) is 3.09. The smallest absolute Gasteiger partial charge is 0.326 e. The van der Waals surface area contributed by atoms with Crippen molar-refractivity contribution in [2.75, 3.05) is 14.1 Å². The van der Waals surface area contributed by atoms with E-state index < -0.39 is 17.9 Å². The van der Waals surface area contributed by atoms with Gasteiger partial charge in [-0.1, -0.05) is 19.9 Å². The first-order chi connectivity index (χ1) is 10.2. The van der Waals surface area contributed by atoms with Crippen molar-refractivity contribution in [2.24, 2.45) is 5.92 Å². The minimum absolute atomic E-state index is 0.142. The quantitative estimate of drug-likeness (QED) is 0.836. The Hall–Kier alpha value is -2.37. The van der Waals surface area contributed by atoms with Crippen molar-refractivity contribution in [2.45, 2.75) is 26.3 Å². The number of carbonyl (C=O) groups is 3. The molecular weight excluding hydrogens is 284 g/mol. The van der Waals surface area contributed by atoms with Crippen LogP contribution >= 0.6 is 0 Å². The molecule has 0 aliphatic rings. The predicted octanol–water partition coefficient (Wildman–Crippen LogP) is 1.62. The molecule has 0 bridgehead atoms. The maximum absolute atomic E-state index is 12.2. The number of rotatable bonds is 6. The lowest BCUT2D eigenvalue weighted by atomic mass is 10.0. The third-order valence-corrected chi connectivity index (χ3v) is 3.09. The van der Waals surface area contributed by atoms with Crippen LogP contribution in [0.4, 0.5) is 0 Å². The lowest BCUT2D eigenvalue weighted by Crippen LogP contribution is -2.41. The number of benzene rings is 1. The Balaban J connectivity index is 2.91. The minimum Gasteiger partial charge on any atom is -0.480 e. The zero-order valence-corrected chi connectivity index (χ0v) is 13.3. The van der Waals surface area contributed by atoms with Gasteiger partial charge >= 0.3 is 5.97 Å². The van der Waals surface area contributed by atoms with E-state index in [0.29, 0.717) is 12.0 Å². The maximum atomic E-state index is 12.2. The SMILES string of the molecule is CC(C)C[C@@H](NC(=O)c1cccc(C(=O)N(C)C)c1)C(=O)O. The molecule has 1 atom stereocenters. The largest absolute Gasteiger partial charge is 0.480 e. The summed E-state index contributed by atoms with van der Waals surface area (Å²) in [7, 11) is 3.25. The van der Waals surface area contributed by atoms with E-state index in [9.17, 15) is 14.4 Å². The molecule has 0 aromatic heterocycles. The number of nitrogens with one attached hydrogen (secondary N) is 1. The highest BCUT2D eigenvalue weighted by molar-refractivity contribution is 6.00. The molecule has 2 N–H and O–H groups in total. The standard InChI is InChI=1S/C16H22N2O4/c1-10(2)8-13(16(21)22)17-14(19)11-6-5-7-12(9-11)15(20)18(3)4/h5-7,9-10,13H,8H2,1-4H3,(H,17,19)(H,21,22)/t13-/m1/s1. The Bertz CT molecular complexity index is 567. The summed E-state index contributed by atoms with van der Waals surface area (Å²) >= 11 is 0. The molecule has 1 aromatic carbocycles. The van der Waals surface area contributed by atoms with E-state index in [1.807, 2.05) is 13.8 Å². The Morgan fingerprint density at radius 2 is 1.77 bits per heavy atom. The van der Waals surface area contributed by atoms with Gasteiger partial charge in [-0.05, 0) is 30.5 Å². The Morgan fingerprint density at radius 3 is 2.27 bits per heavy atom. The van der Waals surface area contributed by atoms with Crippen LogP contribution in [0.25, 0.3) is 0 Å². The predicted molar refractivity (Wildman–Crippen MR) is 82.8 cm³/mol. The minimum atomic E-state index is -1.07. The number of carbonyl (C=O) groups excluding carboxylic acids is 2. The summed E-state index contributed by atoms with van der Waals surface area (Å²) in [4.78, 5) is 36.7.